The minimum absolute atomic E-state index is 0.190. The Hall–Kier alpha value is -0.570. The second kappa shape index (κ2) is 3.72. The monoisotopic (exact) mass is 156 g/mol. The Labute approximate surface area is 67.5 Å². The second-order valence-corrected chi connectivity index (χ2v) is 3.14. The van der Waals surface area contributed by atoms with Gasteiger partial charge < -0.3 is 10.6 Å². The van der Waals surface area contributed by atoms with E-state index in [9.17, 15) is 4.79 Å². The van der Waals surface area contributed by atoms with Gasteiger partial charge in [0.15, 0.2) is 0 Å². The molecule has 1 heterocycles. The van der Waals surface area contributed by atoms with E-state index in [0.29, 0.717) is 5.92 Å². The van der Waals surface area contributed by atoms with E-state index >= 15 is 0 Å². The zero-order chi connectivity index (χ0) is 8.27. The van der Waals surface area contributed by atoms with Crippen molar-refractivity contribution in [3.8, 4) is 0 Å². The van der Waals surface area contributed by atoms with Crippen LogP contribution in [-0.4, -0.2) is 25.5 Å². The van der Waals surface area contributed by atoms with E-state index in [4.69, 9.17) is 0 Å². The molecule has 1 saturated heterocycles. The predicted octanol–water partition coefficient (Wildman–Crippen LogP) is -0.0220. The number of carbonyl (C=O) groups is 1. The fourth-order valence-corrected chi connectivity index (χ4v) is 1.47. The molecule has 1 rings (SSSR count). The highest BCUT2D eigenvalue weighted by Gasteiger charge is 2.28. The van der Waals surface area contributed by atoms with Gasteiger partial charge in [-0.05, 0) is 19.4 Å². The molecule has 2 N–H and O–H groups in total. The Morgan fingerprint density at radius 1 is 1.64 bits per heavy atom. The summed E-state index contributed by atoms with van der Waals surface area (Å²) in [6.07, 6.45) is 0. The Morgan fingerprint density at radius 2 is 2.36 bits per heavy atom. The van der Waals surface area contributed by atoms with Crippen LogP contribution in [0.25, 0.3) is 0 Å². The second-order valence-electron chi connectivity index (χ2n) is 3.14. The first kappa shape index (κ1) is 8.53. The number of carbonyl (C=O) groups excluding carboxylic acids is 1. The van der Waals surface area contributed by atoms with Crippen molar-refractivity contribution >= 4 is 5.91 Å². The molecule has 1 amide bonds. The van der Waals surface area contributed by atoms with E-state index in [-0.39, 0.29) is 11.8 Å². The molecule has 1 fully saturated rings. The van der Waals surface area contributed by atoms with Crippen molar-refractivity contribution in [3.63, 3.8) is 0 Å². The lowest BCUT2D eigenvalue weighted by Gasteiger charge is -2.12. The molecule has 64 valence electrons. The highest BCUT2D eigenvalue weighted by Crippen LogP contribution is 2.15. The van der Waals surface area contributed by atoms with Crippen LogP contribution < -0.4 is 10.6 Å². The topological polar surface area (TPSA) is 41.1 Å². The van der Waals surface area contributed by atoms with Gasteiger partial charge in [-0.15, -0.1) is 0 Å². The van der Waals surface area contributed by atoms with Gasteiger partial charge >= 0.3 is 0 Å². The van der Waals surface area contributed by atoms with Crippen LogP contribution in [0.3, 0.4) is 0 Å². The smallest absolute Gasteiger partial charge is 0.224 e. The minimum atomic E-state index is 0.190. The molecule has 3 nitrogen and oxygen atoms in total. The standard InChI is InChI=1S/C8H16N2O/c1-3-10-8(11)7-5-9-4-6(7)2/h6-7,9H,3-5H2,1-2H3,(H,10,11)/t6-,7-/m1/s1. The van der Waals surface area contributed by atoms with Crippen molar-refractivity contribution in [3.05, 3.63) is 0 Å². The summed E-state index contributed by atoms with van der Waals surface area (Å²) in [6, 6.07) is 0. The van der Waals surface area contributed by atoms with Gasteiger partial charge in [-0.1, -0.05) is 6.92 Å². The molecule has 0 aromatic carbocycles. The lowest BCUT2D eigenvalue weighted by Crippen LogP contribution is -2.33. The number of nitrogens with one attached hydrogen (secondary N) is 2. The first-order chi connectivity index (χ1) is 5.25. The van der Waals surface area contributed by atoms with E-state index < -0.39 is 0 Å². The Morgan fingerprint density at radius 3 is 2.82 bits per heavy atom. The Balaban J connectivity index is 2.39. The SMILES string of the molecule is CCNC(=O)[C@@H]1CNC[C@H]1C. The minimum Gasteiger partial charge on any atom is -0.356 e. The normalized spacial score (nSPS) is 30.4. The number of hydrogen-bond donors (Lipinski definition) is 2. The first-order valence-electron chi connectivity index (χ1n) is 4.24. The number of amides is 1. The maximum Gasteiger partial charge on any atom is 0.224 e. The highest BCUT2D eigenvalue weighted by atomic mass is 16.1. The van der Waals surface area contributed by atoms with Gasteiger partial charge in [-0.2, -0.15) is 0 Å². The lowest BCUT2D eigenvalue weighted by atomic mass is 9.97. The van der Waals surface area contributed by atoms with Crippen LogP contribution >= 0.6 is 0 Å². The third kappa shape index (κ3) is 1.93. The van der Waals surface area contributed by atoms with Gasteiger partial charge in [-0.3, -0.25) is 4.79 Å². The summed E-state index contributed by atoms with van der Waals surface area (Å²) in [5.74, 6) is 0.876. The van der Waals surface area contributed by atoms with Crippen LogP contribution in [0.5, 0.6) is 0 Å². The zero-order valence-electron chi connectivity index (χ0n) is 7.18. The van der Waals surface area contributed by atoms with E-state index in [2.05, 4.69) is 17.6 Å². The lowest BCUT2D eigenvalue weighted by molar-refractivity contribution is -0.125. The zero-order valence-corrected chi connectivity index (χ0v) is 7.18. The summed E-state index contributed by atoms with van der Waals surface area (Å²) >= 11 is 0. The molecule has 0 spiro atoms. The molecule has 0 aromatic heterocycles. The first-order valence-corrected chi connectivity index (χ1v) is 4.24. The van der Waals surface area contributed by atoms with Crippen LogP contribution in [0.15, 0.2) is 0 Å². The molecule has 0 aromatic rings. The maximum atomic E-state index is 11.3. The molecule has 11 heavy (non-hydrogen) atoms. The van der Waals surface area contributed by atoms with Crippen molar-refractivity contribution in [1.29, 1.82) is 0 Å². The van der Waals surface area contributed by atoms with Crippen molar-refractivity contribution in [2.45, 2.75) is 13.8 Å². The van der Waals surface area contributed by atoms with Gasteiger partial charge in [-0.25, -0.2) is 0 Å². The van der Waals surface area contributed by atoms with Gasteiger partial charge in [0.2, 0.25) is 5.91 Å². The molecular formula is C8H16N2O. The molecular weight excluding hydrogens is 140 g/mol. The average Bonchev–Trinajstić information content (AvgIpc) is 2.36. The van der Waals surface area contributed by atoms with E-state index in [1.54, 1.807) is 0 Å². The summed E-state index contributed by atoms with van der Waals surface area (Å²) in [4.78, 5) is 11.3. The molecule has 1 aliphatic rings. The van der Waals surface area contributed by atoms with Gasteiger partial charge in [0.1, 0.15) is 0 Å². The summed E-state index contributed by atoms with van der Waals surface area (Å²) in [6.45, 7) is 6.61. The predicted molar refractivity (Wildman–Crippen MR) is 44.2 cm³/mol. The van der Waals surface area contributed by atoms with Gasteiger partial charge in [0, 0.05) is 13.1 Å². The summed E-state index contributed by atoms with van der Waals surface area (Å²) in [7, 11) is 0. The molecule has 0 bridgehead atoms. The fourth-order valence-electron chi connectivity index (χ4n) is 1.47. The van der Waals surface area contributed by atoms with Gasteiger partial charge in [0.05, 0.1) is 5.92 Å². The maximum absolute atomic E-state index is 11.3. The van der Waals surface area contributed by atoms with E-state index in [1.807, 2.05) is 6.92 Å². The third-order valence-electron chi connectivity index (χ3n) is 2.21. The van der Waals surface area contributed by atoms with Crippen LogP contribution in [0.2, 0.25) is 0 Å². The van der Waals surface area contributed by atoms with E-state index in [1.165, 1.54) is 0 Å². The average molecular weight is 156 g/mol. The largest absolute Gasteiger partial charge is 0.356 e. The number of rotatable bonds is 2. The van der Waals surface area contributed by atoms with Crippen molar-refractivity contribution in [1.82, 2.24) is 10.6 Å². The van der Waals surface area contributed by atoms with Crippen molar-refractivity contribution in [2.75, 3.05) is 19.6 Å². The van der Waals surface area contributed by atoms with Crippen molar-refractivity contribution in [2.24, 2.45) is 11.8 Å². The molecule has 0 radical (unpaired) electrons. The fraction of sp³-hybridized carbons (Fsp3) is 0.875. The Kier molecular flexibility index (Phi) is 2.88. The van der Waals surface area contributed by atoms with Crippen molar-refractivity contribution < 1.29 is 4.79 Å². The van der Waals surface area contributed by atoms with Gasteiger partial charge in [0.25, 0.3) is 0 Å². The summed E-state index contributed by atoms with van der Waals surface area (Å²) in [5.41, 5.74) is 0. The molecule has 0 saturated carbocycles. The van der Waals surface area contributed by atoms with E-state index in [0.717, 1.165) is 19.6 Å². The van der Waals surface area contributed by atoms with Crippen LogP contribution in [0.4, 0.5) is 0 Å². The van der Waals surface area contributed by atoms with Crippen LogP contribution in [-0.2, 0) is 4.79 Å². The Bertz CT molecular complexity index is 147. The third-order valence-corrected chi connectivity index (χ3v) is 2.21. The number of hydrogen-bond acceptors (Lipinski definition) is 2. The molecule has 1 aliphatic heterocycles. The summed E-state index contributed by atoms with van der Waals surface area (Å²) < 4.78 is 0. The highest BCUT2D eigenvalue weighted by molar-refractivity contribution is 5.79. The van der Waals surface area contributed by atoms with Crippen LogP contribution in [0, 0.1) is 11.8 Å². The van der Waals surface area contributed by atoms with Crippen LogP contribution in [0.1, 0.15) is 13.8 Å². The quantitative estimate of drug-likeness (QED) is 0.590. The molecule has 0 aliphatic carbocycles. The molecule has 2 atom stereocenters. The molecule has 3 heteroatoms. The molecule has 0 unspecified atom stereocenters. The summed E-state index contributed by atoms with van der Waals surface area (Å²) in [5, 5.41) is 6.04.